The molecule has 0 saturated carbocycles. The number of nitrogens with one attached hydrogen (secondary N) is 1. The molecule has 0 amide bonds. The SMILES string of the molecule is CCn1nccc1CNc1cc(Br)cc(OC)c1. The number of anilines is 1. The summed E-state index contributed by atoms with van der Waals surface area (Å²) in [4.78, 5) is 0. The van der Waals surface area contributed by atoms with Gasteiger partial charge < -0.3 is 10.1 Å². The van der Waals surface area contributed by atoms with Crippen LogP contribution in [0.4, 0.5) is 5.69 Å². The van der Waals surface area contributed by atoms with Gasteiger partial charge in [0.1, 0.15) is 5.75 Å². The number of methoxy groups -OCH3 is 1. The molecule has 0 spiro atoms. The van der Waals surface area contributed by atoms with Crippen LogP contribution in [0, 0.1) is 0 Å². The van der Waals surface area contributed by atoms with Crippen molar-refractivity contribution in [3.8, 4) is 5.75 Å². The van der Waals surface area contributed by atoms with Crippen molar-refractivity contribution >= 4 is 21.6 Å². The normalized spacial score (nSPS) is 10.4. The maximum Gasteiger partial charge on any atom is 0.122 e. The molecule has 2 rings (SSSR count). The number of halogens is 1. The van der Waals surface area contributed by atoms with Crippen LogP contribution in [-0.4, -0.2) is 16.9 Å². The molecule has 0 aliphatic rings. The van der Waals surface area contributed by atoms with E-state index < -0.39 is 0 Å². The Bertz CT molecular complexity index is 525. The standard InChI is InChI=1S/C13H16BrN3O/c1-3-17-12(4-5-16-17)9-15-11-6-10(14)7-13(8-11)18-2/h4-8,15H,3,9H2,1-2H3. The summed E-state index contributed by atoms with van der Waals surface area (Å²) in [6, 6.07) is 7.94. The van der Waals surface area contributed by atoms with Gasteiger partial charge in [-0.25, -0.2) is 0 Å². The van der Waals surface area contributed by atoms with E-state index >= 15 is 0 Å². The molecular formula is C13H16BrN3O. The Morgan fingerprint density at radius 3 is 2.94 bits per heavy atom. The molecule has 0 fully saturated rings. The number of aryl methyl sites for hydroxylation is 1. The summed E-state index contributed by atoms with van der Waals surface area (Å²) < 4.78 is 8.20. The third-order valence-electron chi connectivity index (χ3n) is 2.68. The van der Waals surface area contributed by atoms with E-state index in [9.17, 15) is 0 Å². The number of nitrogens with zero attached hydrogens (tertiary/aromatic N) is 2. The Hall–Kier alpha value is -1.49. The molecule has 0 bridgehead atoms. The summed E-state index contributed by atoms with van der Waals surface area (Å²) in [5, 5.41) is 7.61. The van der Waals surface area contributed by atoms with Crippen molar-refractivity contribution in [3.05, 3.63) is 40.6 Å². The maximum atomic E-state index is 5.23. The molecule has 1 aromatic heterocycles. The number of hydrogen-bond donors (Lipinski definition) is 1. The lowest BCUT2D eigenvalue weighted by molar-refractivity contribution is 0.414. The molecule has 0 aliphatic carbocycles. The van der Waals surface area contributed by atoms with Gasteiger partial charge >= 0.3 is 0 Å². The molecule has 0 atom stereocenters. The minimum absolute atomic E-state index is 0.743. The summed E-state index contributed by atoms with van der Waals surface area (Å²) in [6.45, 7) is 3.71. The lowest BCUT2D eigenvalue weighted by Gasteiger charge is -2.10. The van der Waals surface area contributed by atoms with E-state index in [2.05, 4.69) is 33.3 Å². The highest BCUT2D eigenvalue weighted by atomic mass is 79.9. The predicted octanol–water partition coefficient (Wildman–Crippen LogP) is 3.29. The Morgan fingerprint density at radius 1 is 1.39 bits per heavy atom. The van der Waals surface area contributed by atoms with Crippen LogP contribution in [-0.2, 0) is 13.1 Å². The fourth-order valence-corrected chi connectivity index (χ4v) is 2.24. The largest absolute Gasteiger partial charge is 0.497 e. The second-order valence-electron chi connectivity index (χ2n) is 3.87. The molecule has 1 N–H and O–H groups in total. The Kier molecular flexibility index (Phi) is 4.25. The third kappa shape index (κ3) is 3.04. The van der Waals surface area contributed by atoms with Gasteiger partial charge in [-0.05, 0) is 25.1 Å². The Balaban J connectivity index is 2.08. The van der Waals surface area contributed by atoms with Crippen molar-refractivity contribution in [2.75, 3.05) is 12.4 Å². The van der Waals surface area contributed by atoms with Gasteiger partial charge in [0, 0.05) is 29.0 Å². The number of aromatic nitrogens is 2. The lowest BCUT2D eigenvalue weighted by Crippen LogP contribution is -2.07. The lowest BCUT2D eigenvalue weighted by atomic mass is 10.3. The summed E-state index contributed by atoms with van der Waals surface area (Å²) >= 11 is 3.46. The number of benzene rings is 1. The quantitative estimate of drug-likeness (QED) is 0.921. The van der Waals surface area contributed by atoms with Crippen LogP contribution >= 0.6 is 15.9 Å². The highest BCUT2D eigenvalue weighted by Crippen LogP contribution is 2.24. The number of hydrogen-bond acceptors (Lipinski definition) is 3. The van der Waals surface area contributed by atoms with Crippen molar-refractivity contribution in [2.24, 2.45) is 0 Å². The second kappa shape index (κ2) is 5.91. The highest BCUT2D eigenvalue weighted by molar-refractivity contribution is 9.10. The van der Waals surface area contributed by atoms with Gasteiger partial charge in [0.2, 0.25) is 0 Å². The zero-order valence-corrected chi connectivity index (χ0v) is 12.1. The fourth-order valence-electron chi connectivity index (χ4n) is 1.77. The zero-order valence-electron chi connectivity index (χ0n) is 10.5. The molecule has 96 valence electrons. The topological polar surface area (TPSA) is 39.1 Å². The Morgan fingerprint density at radius 2 is 2.22 bits per heavy atom. The molecule has 1 aromatic carbocycles. The van der Waals surface area contributed by atoms with Crippen LogP contribution < -0.4 is 10.1 Å². The molecule has 0 aliphatic heterocycles. The van der Waals surface area contributed by atoms with Crippen molar-refractivity contribution in [1.82, 2.24) is 9.78 Å². The molecule has 4 nitrogen and oxygen atoms in total. The molecule has 5 heteroatoms. The first-order chi connectivity index (χ1) is 8.72. The van der Waals surface area contributed by atoms with Crippen LogP contribution in [0.3, 0.4) is 0 Å². The summed E-state index contributed by atoms with van der Waals surface area (Å²) in [5.74, 6) is 0.830. The molecule has 2 aromatic rings. The van der Waals surface area contributed by atoms with Crippen LogP contribution in [0.1, 0.15) is 12.6 Å². The van der Waals surface area contributed by atoms with Crippen LogP contribution in [0.25, 0.3) is 0 Å². The molecule has 18 heavy (non-hydrogen) atoms. The first-order valence-electron chi connectivity index (χ1n) is 5.82. The molecular weight excluding hydrogens is 294 g/mol. The van der Waals surface area contributed by atoms with Crippen molar-refractivity contribution < 1.29 is 4.74 Å². The van der Waals surface area contributed by atoms with Crippen LogP contribution in [0.2, 0.25) is 0 Å². The van der Waals surface area contributed by atoms with Gasteiger partial charge in [0.05, 0.1) is 19.3 Å². The van der Waals surface area contributed by atoms with Gasteiger partial charge in [-0.15, -0.1) is 0 Å². The average molecular weight is 310 g/mol. The average Bonchev–Trinajstić information content (AvgIpc) is 2.83. The first kappa shape index (κ1) is 13.0. The van der Waals surface area contributed by atoms with Crippen LogP contribution in [0.5, 0.6) is 5.75 Å². The van der Waals surface area contributed by atoms with Crippen molar-refractivity contribution in [1.29, 1.82) is 0 Å². The van der Waals surface area contributed by atoms with Gasteiger partial charge in [-0.1, -0.05) is 15.9 Å². The van der Waals surface area contributed by atoms with Crippen LogP contribution in [0.15, 0.2) is 34.9 Å². The number of ether oxygens (including phenoxy) is 1. The predicted molar refractivity (Wildman–Crippen MR) is 75.9 cm³/mol. The zero-order chi connectivity index (χ0) is 13.0. The summed E-state index contributed by atoms with van der Waals surface area (Å²) in [7, 11) is 1.66. The maximum absolute atomic E-state index is 5.23. The minimum Gasteiger partial charge on any atom is -0.497 e. The van der Waals surface area contributed by atoms with Gasteiger partial charge in [0.15, 0.2) is 0 Å². The smallest absolute Gasteiger partial charge is 0.122 e. The van der Waals surface area contributed by atoms with Gasteiger partial charge in [-0.2, -0.15) is 5.10 Å². The molecule has 1 heterocycles. The fraction of sp³-hybridized carbons (Fsp3) is 0.308. The molecule has 0 unspecified atom stereocenters. The first-order valence-corrected chi connectivity index (χ1v) is 6.61. The summed E-state index contributed by atoms with van der Waals surface area (Å²) in [5.41, 5.74) is 2.18. The minimum atomic E-state index is 0.743. The summed E-state index contributed by atoms with van der Waals surface area (Å²) in [6.07, 6.45) is 1.82. The monoisotopic (exact) mass is 309 g/mol. The Labute approximate surface area is 115 Å². The van der Waals surface area contributed by atoms with Crippen molar-refractivity contribution in [3.63, 3.8) is 0 Å². The van der Waals surface area contributed by atoms with Crippen molar-refractivity contribution in [2.45, 2.75) is 20.0 Å². The highest BCUT2D eigenvalue weighted by Gasteiger charge is 2.02. The van der Waals surface area contributed by atoms with E-state index in [1.54, 1.807) is 7.11 Å². The van der Waals surface area contributed by atoms with Gasteiger partial charge in [-0.3, -0.25) is 4.68 Å². The number of rotatable bonds is 5. The van der Waals surface area contributed by atoms with Gasteiger partial charge in [0.25, 0.3) is 0 Å². The van der Waals surface area contributed by atoms with E-state index in [0.717, 1.165) is 34.7 Å². The van der Waals surface area contributed by atoms with E-state index in [1.807, 2.05) is 35.1 Å². The molecule has 0 radical (unpaired) electrons. The van der Waals surface area contributed by atoms with E-state index in [0.29, 0.717) is 0 Å². The van der Waals surface area contributed by atoms with E-state index in [1.165, 1.54) is 0 Å². The molecule has 0 saturated heterocycles. The van der Waals surface area contributed by atoms with E-state index in [-0.39, 0.29) is 0 Å². The second-order valence-corrected chi connectivity index (χ2v) is 4.79. The van der Waals surface area contributed by atoms with E-state index in [4.69, 9.17) is 4.74 Å². The third-order valence-corrected chi connectivity index (χ3v) is 3.14.